The summed E-state index contributed by atoms with van der Waals surface area (Å²) in [6, 6.07) is 16.9. The van der Waals surface area contributed by atoms with E-state index in [1.54, 1.807) is 49.5 Å². The smallest absolute Gasteiger partial charge is 0.416 e. The Kier molecular flexibility index (Phi) is 8.46. The Morgan fingerprint density at radius 2 is 1.91 bits per heavy atom. The molecule has 3 aromatic rings. The lowest BCUT2D eigenvalue weighted by Crippen LogP contribution is -2.24. The van der Waals surface area contributed by atoms with Crippen LogP contribution < -0.4 is 14.8 Å². The number of nitrogens with zero attached hydrogens (tertiary/aromatic N) is 2. The molecule has 0 saturated carbocycles. The molecule has 180 valence electrons. The first-order chi connectivity index (χ1) is 16.8. The molecule has 1 amide bonds. The van der Waals surface area contributed by atoms with E-state index in [4.69, 9.17) is 9.47 Å². The van der Waals surface area contributed by atoms with Crippen molar-refractivity contribution in [3.63, 3.8) is 0 Å². The molecular formula is C26H22F3N3O3. The average Bonchev–Trinajstić information content (AvgIpc) is 2.86. The number of carbonyl (C=O) groups is 1. The van der Waals surface area contributed by atoms with Crippen LogP contribution in [0.25, 0.3) is 6.08 Å². The lowest BCUT2D eigenvalue weighted by atomic mass is 10.1. The van der Waals surface area contributed by atoms with Gasteiger partial charge in [-0.2, -0.15) is 18.4 Å². The van der Waals surface area contributed by atoms with E-state index in [-0.39, 0.29) is 18.7 Å². The zero-order valence-electron chi connectivity index (χ0n) is 18.8. The number of ether oxygens (including phenoxy) is 2. The van der Waals surface area contributed by atoms with Gasteiger partial charge in [-0.1, -0.05) is 24.3 Å². The lowest BCUT2D eigenvalue weighted by molar-refractivity contribution is -0.137. The molecule has 0 radical (unpaired) electrons. The molecule has 0 aliphatic carbocycles. The van der Waals surface area contributed by atoms with E-state index in [2.05, 4.69) is 10.3 Å². The highest BCUT2D eigenvalue weighted by molar-refractivity contribution is 6.01. The van der Waals surface area contributed by atoms with E-state index in [1.165, 1.54) is 18.2 Å². The highest BCUT2D eigenvalue weighted by Crippen LogP contribution is 2.32. The second-order valence-electron chi connectivity index (χ2n) is 7.30. The fourth-order valence-electron chi connectivity index (χ4n) is 3.08. The van der Waals surface area contributed by atoms with Gasteiger partial charge in [0.25, 0.3) is 5.91 Å². The van der Waals surface area contributed by atoms with Crippen molar-refractivity contribution in [3.05, 3.63) is 94.8 Å². The highest BCUT2D eigenvalue weighted by Gasteiger charge is 2.30. The second-order valence-corrected chi connectivity index (χ2v) is 7.30. The number of hydrogen-bond donors (Lipinski definition) is 1. The predicted octanol–water partition coefficient (Wildman–Crippen LogP) is 5.30. The summed E-state index contributed by atoms with van der Waals surface area (Å²) < 4.78 is 50.1. The molecule has 0 atom stereocenters. The number of halogens is 3. The molecular weight excluding hydrogens is 459 g/mol. The van der Waals surface area contributed by atoms with Crippen molar-refractivity contribution in [2.24, 2.45) is 0 Å². The number of benzene rings is 2. The number of hydrogen-bond acceptors (Lipinski definition) is 5. The molecule has 1 N–H and O–H groups in total. The van der Waals surface area contributed by atoms with E-state index in [0.29, 0.717) is 34.9 Å². The summed E-state index contributed by atoms with van der Waals surface area (Å²) in [6.07, 6.45) is -1.43. The molecule has 9 heteroatoms. The van der Waals surface area contributed by atoms with E-state index < -0.39 is 17.6 Å². The minimum absolute atomic E-state index is 0.0987. The maximum Gasteiger partial charge on any atom is 0.416 e. The summed E-state index contributed by atoms with van der Waals surface area (Å²) in [6.45, 7) is 2.15. The number of rotatable bonds is 9. The van der Waals surface area contributed by atoms with Gasteiger partial charge < -0.3 is 14.8 Å². The third kappa shape index (κ3) is 7.33. The third-order valence-corrected chi connectivity index (χ3v) is 4.75. The largest absolute Gasteiger partial charge is 0.490 e. The molecule has 6 nitrogen and oxygen atoms in total. The maximum atomic E-state index is 12.9. The van der Waals surface area contributed by atoms with Crippen LogP contribution >= 0.6 is 0 Å². The van der Waals surface area contributed by atoms with Crippen molar-refractivity contribution in [3.8, 4) is 17.6 Å². The summed E-state index contributed by atoms with van der Waals surface area (Å²) in [7, 11) is 0. The summed E-state index contributed by atoms with van der Waals surface area (Å²) in [4.78, 5) is 16.5. The molecule has 0 saturated heterocycles. The summed E-state index contributed by atoms with van der Waals surface area (Å²) in [5.74, 6) is 0.0971. The van der Waals surface area contributed by atoms with Gasteiger partial charge in [-0.15, -0.1) is 0 Å². The van der Waals surface area contributed by atoms with Gasteiger partial charge in [0.15, 0.2) is 11.5 Å². The van der Waals surface area contributed by atoms with Crippen LogP contribution in [0, 0.1) is 11.3 Å². The summed E-state index contributed by atoms with van der Waals surface area (Å²) in [5.41, 5.74) is 0.654. The zero-order valence-corrected chi connectivity index (χ0v) is 18.8. The van der Waals surface area contributed by atoms with Crippen LogP contribution in [0.3, 0.4) is 0 Å². The Morgan fingerprint density at radius 1 is 1.09 bits per heavy atom. The molecule has 0 aliphatic heterocycles. The quantitative estimate of drug-likeness (QED) is 0.331. The van der Waals surface area contributed by atoms with Crippen LogP contribution in [0.5, 0.6) is 11.5 Å². The van der Waals surface area contributed by atoms with Gasteiger partial charge in [-0.25, -0.2) is 0 Å². The molecule has 0 spiro atoms. The standard InChI is InChI=1S/C26H22F3N3O3/c1-2-34-24-14-18(12-20(15-30)25(33)32-16-22-8-3-4-11-31-22)9-10-23(24)35-17-19-6-5-7-21(13-19)26(27,28)29/h3-14H,2,16-17H2,1H3,(H,32,33). The molecule has 1 heterocycles. The van der Waals surface area contributed by atoms with Crippen molar-refractivity contribution < 1.29 is 27.4 Å². The first-order valence-corrected chi connectivity index (χ1v) is 10.7. The van der Waals surface area contributed by atoms with Gasteiger partial charge >= 0.3 is 6.18 Å². The maximum absolute atomic E-state index is 12.9. The number of aromatic nitrogens is 1. The number of alkyl halides is 3. The van der Waals surface area contributed by atoms with Crippen molar-refractivity contribution in [2.45, 2.75) is 26.3 Å². The van der Waals surface area contributed by atoms with Crippen molar-refractivity contribution in [2.75, 3.05) is 6.61 Å². The number of amides is 1. The minimum atomic E-state index is -4.44. The number of carbonyl (C=O) groups excluding carboxylic acids is 1. The molecule has 1 aromatic heterocycles. The Bertz CT molecular complexity index is 1240. The SMILES string of the molecule is CCOc1cc(C=C(C#N)C(=O)NCc2ccccn2)ccc1OCc1cccc(C(F)(F)F)c1. The van der Waals surface area contributed by atoms with Crippen molar-refractivity contribution >= 4 is 12.0 Å². The number of pyridine rings is 1. The summed E-state index contributed by atoms with van der Waals surface area (Å²) >= 11 is 0. The van der Waals surface area contributed by atoms with Crippen LogP contribution in [0.2, 0.25) is 0 Å². The zero-order chi connectivity index (χ0) is 25.3. The van der Waals surface area contributed by atoms with E-state index in [9.17, 15) is 23.2 Å². The number of nitriles is 1. The molecule has 3 rings (SSSR count). The minimum Gasteiger partial charge on any atom is -0.490 e. The summed E-state index contributed by atoms with van der Waals surface area (Å²) in [5, 5.41) is 12.1. The van der Waals surface area contributed by atoms with Crippen LogP contribution in [0.1, 0.15) is 29.3 Å². The molecule has 2 aromatic carbocycles. The van der Waals surface area contributed by atoms with Crippen molar-refractivity contribution in [1.29, 1.82) is 5.26 Å². The Labute approximate surface area is 200 Å². The first kappa shape index (κ1) is 25.3. The molecule has 0 aliphatic rings. The third-order valence-electron chi connectivity index (χ3n) is 4.75. The number of nitrogens with one attached hydrogen (secondary N) is 1. The van der Waals surface area contributed by atoms with E-state index in [1.807, 2.05) is 6.07 Å². The van der Waals surface area contributed by atoms with Gasteiger partial charge in [0.2, 0.25) is 0 Å². The van der Waals surface area contributed by atoms with Crippen LogP contribution in [-0.2, 0) is 24.1 Å². The topological polar surface area (TPSA) is 84.2 Å². The Hall–Kier alpha value is -4.32. The van der Waals surface area contributed by atoms with Crippen LogP contribution in [0.4, 0.5) is 13.2 Å². The van der Waals surface area contributed by atoms with Crippen LogP contribution in [-0.4, -0.2) is 17.5 Å². The van der Waals surface area contributed by atoms with Crippen LogP contribution in [0.15, 0.2) is 72.4 Å². The van der Waals surface area contributed by atoms with E-state index in [0.717, 1.165) is 12.1 Å². The molecule has 0 bridgehead atoms. The normalized spacial score (nSPS) is 11.5. The second kappa shape index (κ2) is 11.7. The van der Waals surface area contributed by atoms with Gasteiger partial charge in [0.05, 0.1) is 24.4 Å². The lowest BCUT2D eigenvalue weighted by Gasteiger charge is -2.14. The highest BCUT2D eigenvalue weighted by atomic mass is 19.4. The fraction of sp³-hybridized carbons (Fsp3) is 0.192. The Morgan fingerprint density at radius 3 is 2.60 bits per heavy atom. The van der Waals surface area contributed by atoms with Crippen molar-refractivity contribution in [1.82, 2.24) is 10.3 Å². The Balaban J connectivity index is 1.73. The molecule has 0 fully saturated rings. The fourth-order valence-corrected chi connectivity index (χ4v) is 3.08. The van der Waals surface area contributed by atoms with Gasteiger partial charge in [0.1, 0.15) is 18.2 Å². The van der Waals surface area contributed by atoms with Gasteiger partial charge in [-0.05, 0) is 60.5 Å². The average molecular weight is 481 g/mol. The van der Waals surface area contributed by atoms with E-state index >= 15 is 0 Å². The monoisotopic (exact) mass is 481 g/mol. The van der Waals surface area contributed by atoms with Gasteiger partial charge in [0, 0.05) is 6.20 Å². The van der Waals surface area contributed by atoms with Gasteiger partial charge in [-0.3, -0.25) is 9.78 Å². The molecule has 35 heavy (non-hydrogen) atoms. The predicted molar refractivity (Wildman–Crippen MR) is 123 cm³/mol. The first-order valence-electron chi connectivity index (χ1n) is 10.7. The molecule has 0 unspecified atom stereocenters.